The Labute approximate surface area is 107 Å². The lowest BCUT2D eigenvalue weighted by molar-refractivity contribution is 0.0871. The van der Waals surface area contributed by atoms with Crippen molar-refractivity contribution in [1.82, 2.24) is 10.3 Å². The second-order valence-corrected chi connectivity index (χ2v) is 4.34. The predicted molar refractivity (Wildman–Crippen MR) is 68.6 cm³/mol. The molecule has 2 N–H and O–H groups in total. The fourth-order valence-electron chi connectivity index (χ4n) is 1.28. The highest BCUT2D eigenvalue weighted by molar-refractivity contribution is 5.93. The number of hydrogen-bond donors (Lipinski definition) is 2. The summed E-state index contributed by atoms with van der Waals surface area (Å²) in [6, 6.07) is 3.30. The summed E-state index contributed by atoms with van der Waals surface area (Å²) >= 11 is 0. The number of nitrogens with zero attached hydrogens (tertiary/aromatic N) is 1. The molecule has 0 saturated heterocycles. The van der Waals surface area contributed by atoms with E-state index in [9.17, 15) is 9.90 Å². The van der Waals surface area contributed by atoms with Gasteiger partial charge in [0, 0.05) is 18.8 Å². The Bertz CT molecular complexity index is 376. The average Bonchev–Trinajstić information content (AvgIpc) is 2.36. The monoisotopic (exact) mass is 252 g/mol. The van der Waals surface area contributed by atoms with Gasteiger partial charge in [-0.3, -0.25) is 4.79 Å². The Morgan fingerprint density at radius 2 is 2.22 bits per heavy atom. The van der Waals surface area contributed by atoms with Gasteiger partial charge in [0.1, 0.15) is 0 Å². The van der Waals surface area contributed by atoms with Gasteiger partial charge in [-0.2, -0.15) is 0 Å². The van der Waals surface area contributed by atoms with E-state index in [2.05, 4.69) is 10.3 Å². The van der Waals surface area contributed by atoms with E-state index < -0.39 is 6.10 Å². The van der Waals surface area contributed by atoms with Crippen molar-refractivity contribution in [2.45, 2.75) is 26.9 Å². The molecule has 1 amide bonds. The number of aliphatic hydroxyl groups is 1. The number of nitrogens with one attached hydrogen (secondary N) is 1. The topological polar surface area (TPSA) is 71.5 Å². The van der Waals surface area contributed by atoms with E-state index in [4.69, 9.17) is 4.74 Å². The molecule has 0 bridgehead atoms. The van der Waals surface area contributed by atoms with E-state index in [1.807, 2.05) is 20.8 Å². The highest BCUT2D eigenvalue weighted by Gasteiger charge is 2.12. The molecular formula is C13H20N2O3. The lowest BCUT2D eigenvalue weighted by Crippen LogP contribution is -2.34. The first-order chi connectivity index (χ1) is 8.54. The molecule has 5 nitrogen and oxygen atoms in total. The van der Waals surface area contributed by atoms with Crippen molar-refractivity contribution < 1.29 is 14.6 Å². The van der Waals surface area contributed by atoms with Crippen molar-refractivity contribution in [3.63, 3.8) is 0 Å². The van der Waals surface area contributed by atoms with Gasteiger partial charge in [0.05, 0.1) is 18.3 Å². The van der Waals surface area contributed by atoms with Gasteiger partial charge in [0.2, 0.25) is 5.88 Å². The normalized spacial score (nSPS) is 12.3. The lowest BCUT2D eigenvalue weighted by Gasteiger charge is -2.14. The predicted octanol–water partition coefficient (Wildman–Crippen LogP) is 1.23. The van der Waals surface area contributed by atoms with Crippen LogP contribution in [0.2, 0.25) is 0 Å². The van der Waals surface area contributed by atoms with Crippen molar-refractivity contribution in [2.24, 2.45) is 5.92 Å². The smallest absolute Gasteiger partial charge is 0.252 e. The molecule has 0 spiro atoms. The molecule has 1 atom stereocenters. The molecule has 0 aromatic carbocycles. The Kier molecular flexibility index (Phi) is 5.58. The number of rotatable bonds is 6. The molecule has 18 heavy (non-hydrogen) atoms. The molecule has 0 saturated carbocycles. The van der Waals surface area contributed by atoms with Crippen LogP contribution in [-0.4, -0.2) is 35.3 Å². The van der Waals surface area contributed by atoms with Gasteiger partial charge in [-0.15, -0.1) is 0 Å². The first-order valence-electron chi connectivity index (χ1n) is 6.09. The van der Waals surface area contributed by atoms with E-state index in [1.54, 1.807) is 12.1 Å². The van der Waals surface area contributed by atoms with Crippen molar-refractivity contribution in [3.05, 3.63) is 23.9 Å². The average molecular weight is 252 g/mol. The molecule has 1 aromatic rings. The van der Waals surface area contributed by atoms with Gasteiger partial charge in [-0.25, -0.2) is 4.98 Å². The molecule has 0 radical (unpaired) electrons. The summed E-state index contributed by atoms with van der Waals surface area (Å²) < 4.78 is 5.19. The minimum atomic E-state index is -0.537. The summed E-state index contributed by atoms with van der Waals surface area (Å²) in [4.78, 5) is 15.7. The van der Waals surface area contributed by atoms with Crippen molar-refractivity contribution in [3.8, 4) is 5.88 Å². The van der Waals surface area contributed by atoms with Crippen LogP contribution >= 0.6 is 0 Å². The van der Waals surface area contributed by atoms with Crippen LogP contribution in [0.3, 0.4) is 0 Å². The van der Waals surface area contributed by atoms with Crippen LogP contribution in [0.4, 0.5) is 0 Å². The van der Waals surface area contributed by atoms with Crippen LogP contribution in [0, 0.1) is 5.92 Å². The minimum Gasteiger partial charge on any atom is -0.478 e. The zero-order chi connectivity index (χ0) is 13.5. The molecule has 0 aliphatic rings. The van der Waals surface area contributed by atoms with Crippen LogP contribution in [0.25, 0.3) is 0 Å². The SMILES string of the molecule is CCOc1ccc(C(=O)NCC(O)C(C)C)cn1. The Balaban J connectivity index is 2.51. The van der Waals surface area contributed by atoms with Crippen molar-refractivity contribution in [1.29, 1.82) is 0 Å². The van der Waals surface area contributed by atoms with Crippen LogP contribution in [0.15, 0.2) is 18.3 Å². The standard InChI is InChI=1S/C13H20N2O3/c1-4-18-12-6-5-10(7-14-12)13(17)15-8-11(16)9(2)3/h5-7,9,11,16H,4,8H2,1-3H3,(H,15,17). The maximum absolute atomic E-state index is 11.7. The Hall–Kier alpha value is -1.62. The highest BCUT2D eigenvalue weighted by Crippen LogP contribution is 2.07. The first kappa shape index (κ1) is 14.4. The highest BCUT2D eigenvalue weighted by atomic mass is 16.5. The summed E-state index contributed by atoms with van der Waals surface area (Å²) in [7, 11) is 0. The Morgan fingerprint density at radius 1 is 1.50 bits per heavy atom. The van der Waals surface area contributed by atoms with Crippen LogP contribution < -0.4 is 10.1 Å². The van der Waals surface area contributed by atoms with Gasteiger partial charge in [-0.1, -0.05) is 13.8 Å². The number of hydrogen-bond acceptors (Lipinski definition) is 4. The van der Waals surface area contributed by atoms with E-state index in [-0.39, 0.29) is 18.4 Å². The fourth-order valence-corrected chi connectivity index (χ4v) is 1.28. The molecule has 0 aliphatic carbocycles. The number of carbonyl (C=O) groups excluding carboxylic acids is 1. The molecule has 0 fully saturated rings. The summed E-state index contributed by atoms with van der Waals surface area (Å²) in [5.74, 6) is 0.366. The summed E-state index contributed by atoms with van der Waals surface area (Å²) in [5.41, 5.74) is 0.453. The van der Waals surface area contributed by atoms with Gasteiger partial charge in [0.15, 0.2) is 0 Å². The largest absolute Gasteiger partial charge is 0.478 e. The van der Waals surface area contributed by atoms with Gasteiger partial charge in [0.25, 0.3) is 5.91 Å². The quantitative estimate of drug-likeness (QED) is 0.798. The molecule has 1 unspecified atom stereocenters. The zero-order valence-corrected chi connectivity index (χ0v) is 11.0. The van der Waals surface area contributed by atoms with Crippen molar-refractivity contribution >= 4 is 5.91 Å². The van der Waals surface area contributed by atoms with Gasteiger partial charge < -0.3 is 15.2 Å². The molecule has 1 heterocycles. The van der Waals surface area contributed by atoms with E-state index in [1.165, 1.54) is 6.20 Å². The summed E-state index contributed by atoms with van der Waals surface area (Å²) in [6.45, 7) is 6.45. The van der Waals surface area contributed by atoms with E-state index >= 15 is 0 Å². The number of ether oxygens (including phenoxy) is 1. The first-order valence-corrected chi connectivity index (χ1v) is 6.09. The number of carbonyl (C=O) groups is 1. The van der Waals surface area contributed by atoms with Gasteiger partial charge in [-0.05, 0) is 18.9 Å². The van der Waals surface area contributed by atoms with Crippen LogP contribution in [-0.2, 0) is 0 Å². The maximum atomic E-state index is 11.7. The lowest BCUT2D eigenvalue weighted by atomic mass is 10.1. The summed E-state index contributed by atoms with van der Waals surface area (Å²) in [5, 5.41) is 12.2. The fraction of sp³-hybridized carbons (Fsp3) is 0.538. The second kappa shape index (κ2) is 6.96. The summed E-state index contributed by atoms with van der Waals surface area (Å²) in [6.07, 6.45) is 0.923. The molecular weight excluding hydrogens is 232 g/mol. The van der Waals surface area contributed by atoms with Gasteiger partial charge >= 0.3 is 0 Å². The molecule has 1 aromatic heterocycles. The number of aromatic nitrogens is 1. The maximum Gasteiger partial charge on any atom is 0.252 e. The third-order valence-electron chi connectivity index (χ3n) is 2.53. The third kappa shape index (κ3) is 4.33. The second-order valence-electron chi connectivity index (χ2n) is 4.34. The Morgan fingerprint density at radius 3 is 2.72 bits per heavy atom. The molecule has 5 heteroatoms. The minimum absolute atomic E-state index is 0.115. The van der Waals surface area contributed by atoms with E-state index in [0.717, 1.165) is 0 Å². The van der Waals surface area contributed by atoms with Crippen LogP contribution in [0.5, 0.6) is 5.88 Å². The molecule has 100 valence electrons. The molecule has 0 aliphatic heterocycles. The molecule has 1 rings (SSSR count). The van der Waals surface area contributed by atoms with E-state index in [0.29, 0.717) is 18.1 Å². The van der Waals surface area contributed by atoms with Crippen LogP contribution in [0.1, 0.15) is 31.1 Å². The number of aliphatic hydroxyl groups excluding tert-OH is 1. The number of amides is 1. The zero-order valence-electron chi connectivity index (χ0n) is 11.0. The van der Waals surface area contributed by atoms with Crippen molar-refractivity contribution in [2.75, 3.05) is 13.2 Å². The number of pyridine rings is 1. The third-order valence-corrected chi connectivity index (χ3v) is 2.53.